The van der Waals surface area contributed by atoms with E-state index in [4.69, 9.17) is 0 Å². The average molecular weight is 507 g/mol. The largest absolute Gasteiger partial charge is 0.343 e. The second kappa shape index (κ2) is 10.7. The number of halogens is 1. The second-order valence-electron chi connectivity index (χ2n) is 7.02. The molecular formula is C21H23BrN4O4S. The van der Waals surface area contributed by atoms with Gasteiger partial charge in [-0.1, -0.05) is 34.5 Å². The molecule has 2 N–H and O–H groups in total. The molecule has 10 heteroatoms. The maximum absolute atomic E-state index is 12.7. The molecule has 2 amide bonds. The first-order valence-corrected chi connectivity index (χ1v) is 12.1. The van der Waals surface area contributed by atoms with E-state index in [9.17, 15) is 18.0 Å². The van der Waals surface area contributed by atoms with Gasteiger partial charge in [0.15, 0.2) is 0 Å². The number of carbonyl (C=O) groups excluding carboxylic acids is 2. The van der Waals surface area contributed by atoms with E-state index in [1.165, 1.54) is 34.8 Å². The van der Waals surface area contributed by atoms with Crippen LogP contribution in [0.15, 0.2) is 63.0 Å². The molecule has 1 heterocycles. The molecule has 0 bridgehead atoms. The van der Waals surface area contributed by atoms with Crippen molar-refractivity contribution in [3.63, 3.8) is 0 Å². The quantitative estimate of drug-likeness (QED) is 0.444. The summed E-state index contributed by atoms with van der Waals surface area (Å²) >= 11 is 3.35. The van der Waals surface area contributed by atoms with Crippen molar-refractivity contribution in [2.45, 2.75) is 24.2 Å². The minimum atomic E-state index is -3.55. The van der Waals surface area contributed by atoms with E-state index >= 15 is 0 Å². The number of hydrogen-bond donors (Lipinski definition) is 2. The van der Waals surface area contributed by atoms with Gasteiger partial charge in [-0.05, 0) is 54.8 Å². The molecule has 3 rings (SSSR count). The van der Waals surface area contributed by atoms with Gasteiger partial charge in [0.05, 0.1) is 17.7 Å². The fourth-order valence-corrected chi connectivity index (χ4v) is 5.03. The fraction of sp³-hybridized carbons (Fsp3) is 0.286. The lowest BCUT2D eigenvalue weighted by molar-refractivity contribution is -0.120. The van der Waals surface area contributed by atoms with Crippen LogP contribution in [-0.4, -0.2) is 50.4 Å². The summed E-state index contributed by atoms with van der Waals surface area (Å²) in [4.78, 5) is 24.3. The lowest BCUT2D eigenvalue weighted by Gasteiger charge is -2.25. The summed E-state index contributed by atoms with van der Waals surface area (Å²) in [7, 11) is -3.55. The van der Waals surface area contributed by atoms with E-state index in [0.717, 1.165) is 29.3 Å². The van der Waals surface area contributed by atoms with Crippen molar-refractivity contribution in [3.8, 4) is 0 Å². The number of amides is 2. The van der Waals surface area contributed by atoms with Gasteiger partial charge < -0.3 is 5.32 Å². The van der Waals surface area contributed by atoms with E-state index in [1.807, 2.05) is 24.3 Å². The van der Waals surface area contributed by atoms with E-state index in [1.54, 1.807) is 0 Å². The molecule has 164 valence electrons. The number of sulfonamides is 1. The number of hydrazone groups is 1. The fourth-order valence-electron chi connectivity index (χ4n) is 3.10. The Morgan fingerprint density at radius 2 is 1.77 bits per heavy atom. The predicted molar refractivity (Wildman–Crippen MR) is 121 cm³/mol. The van der Waals surface area contributed by atoms with Crippen LogP contribution >= 0.6 is 15.9 Å². The number of rotatable bonds is 7. The van der Waals surface area contributed by atoms with Crippen molar-refractivity contribution < 1.29 is 18.0 Å². The van der Waals surface area contributed by atoms with Gasteiger partial charge in [-0.15, -0.1) is 0 Å². The minimum absolute atomic E-state index is 0.158. The van der Waals surface area contributed by atoms with Gasteiger partial charge >= 0.3 is 0 Å². The Morgan fingerprint density at radius 3 is 2.45 bits per heavy atom. The molecule has 2 aromatic rings. The van der Waals surface area contributed by atoms with Crippen LogP contribution in [0.25, 0.3) is 0 Å². The first-order valence-electron chi connectivity index (χ1n) is 9.82. The lowest BCUT2D eigenvalue weighted by atomic mass is 10.2. The maximum atomic E-state index is 12.7. The molecule has 0 atom stereocenters. The van der Waals surface area contributed by atoms with Crippen molar-refractivity contribution in [3.05, 3.63) is 64.1 Å². The third-order valence-electron chi connectivity index (χ3n) is 4.73. The Balaban J connectivity index is 1.50. The van der Waals surface area contributed by atoms with Crippen LogP contribution in [0, 0.1) is 0 Å². The molecule has 31 heavy (non-hydrogen) atoms. The van der Waals surface area contributed by atoms with Crippen LogP contribution in [0.5, 0.6) is 0 Å². The molecule has 0 unspecified atom stereocenters. The zero-order chi connectivity index (χ0) is 22.3. The van der Waals surface area contributed by atoms with Crippen molar-refractivity contribution >= 4 is 44.0 Å². The summed E-state index contributed by atoms with van der Waals surface area (Å²) in [5, 5.41) is 6.33. The van der Waals surface area contributed by atoms with Crippen LogP contribution in [0.1, 0.15) is 35.2 Å². The van der Waals surface area contributed by atoms with Crippen molar-refractivity contribution in [1.29, 1.82) is 0 Å². The molecule has 1 saturated heterocycles. The molecule has 0 saturated carbocycles. The standard InChI is InChI=1S/C21H23BrN4O4S/c22-18-6-4-5-16(13-18)14-24-25-20(27)15-23-21(28)17-7-9-19(10-8-17)31(29,30)26-11-2-1-3-12-26/h4-10,13-14H,1-3,11-12,15H2,(H,23,28)(H,25,27). The first-order chi connectivity index (χ1) is 14.9. The number of nitrogens with zero attached hydrogens (tertiary/aromatic N) is 2. The number of piperidine rings is 1. The average Bonchev–Trinajstić information content (AvgIpc) is 2.78. The third kappa shape index (κ3) is 6.46. The van der Waals surface area contributed by atoms with Gasteiger partial charge in [0.25, 0.3) is 11.8 Å². The Kier molecular flexibility index (Phi) is 7.94. The Morgan fingerprint density at radius 1 is 1.06 bits per heavy atom. The van der Waals surface area contributed by atoms with Gasteiger partial charge in [0.1, 0.15) is 0 Å². The van der Waals surface area contributed by atoms with Crippen molar-refractivity contribution in [2.24, 2.45) is 5.10 Å². The molecule has 1 aliphatic heterocycles. The Labute approximate surface area is 189 Å². The van der Waals surface area contributed by atoms with Gasteiger partial charge in [-0.25, -0.2) is 13.8 Å². The highest BCUT2D eigenvalue weighted by Crippen LogP contribution is 2.20. The van der Waals surface area contributed by atoms with Gasteiger partial charge in [-0.3, -0.25) is 9.59 Å². The molecule has 0 spiro atoms. The molecule has 1 fully saturated rings. The monoisotopic (exact) mass is 506 g/mol. The molecule has 2 aromatic carbocycles. The summed E-state index contributed by atoms with van der Waals surface area (Å²) in [5.74, 6) is -0.961. The Hall–Kier alpha value is -2.56. The van der Waals surface area contributed by atoms with Gasteiger partial charge in [-0.2, -0.15) is 9.41 Å². The predicted octanol–water partition coefficient (Wildman–Crippen LogP) is 2.50. The van der Waals surface area contributed by atoms with Crippen LogP contribution in [0.3, 0.4) is 0 Å². The molecule has 0 radical (unpaired) electrons. The third-order valence-corrected chi connectivity index (χ3v) is 7.14. The zero-order valence-electron chi connectivity index (χ0n) is 16.8. The number of benzene rings is 2. The summed E-state index contributed by atoms with van der Waals surface area (Å²) in [6.07, 6.45) is 4.24. The van der Waals surface area contributed by atoms with E-state index in [2.05, 4.69) is 31.8 Å². The summed E-state index contributed by atoms with van der Waals surface area (Å²) in [6, 6.07) is 13.1. The SMILES string of the molecule is O=C(CNC(=O)c1ccc(S(=O)(=O)N2CCCCC2)cc1)NN=Cc1cccc(Br)c1. The van der Waals surface area contributed by atoms with Crippen LogP contribution in [-0.2, 0) is 14.8 Å². The number of nitrogens with one attached hydrogen (secondary N) is 2. The summed E-state index contributed by atoms with van der Waals surface area (Å²) in [6.45, 7) is 0.774. The summed E-state index contributed by atoms with van der Waals surface area (Å²) in [5.41, 5.74) is 3.41. The highest BCUT2D eigenvalue weighted by Gasteiger charge is 2.25. The van der Waals surface area contributed by atoms with Crippen molar-refractivity contribution in [1.82, 2.24) is 15.0 Å². The van der Waals surface area contributed by atoms with E-state index in [-0.39, 0.29) is 17.0 Å². The van der Waals surface area contributed by atoms with Gasteiger partial charge in [0.2, 0.25) is 10.0 Å². The Bertz CT molecular complexity index is 1070. The lowest BCUT2D eigenvalue weighted by Crippen LogP contribution is -2.36. The molecule has 0 aliphatic carbocycles. The van der Waals surface area contributed by atoms with Crippen molar-refractivity contribution in [2.75, 3.05) is 19.6 Å². The number of carbonyl (C=O) groups is 2. The van der Waals surface area contributed by atoms with Crippen LogP contribution < -0.4 is 10.7 Å². The molecule has 0 aromatic heterocycles. The number of hydrogen-bond acceptors (Lipinski definition) is 5. The topological polar surface area (TPSA) is 108 Å². The first kappa shape index (κ1) is 23.1. The van der Waals surface area contributed by atoms with Gasteiger partial charge in [0, 0.05) is 23.1 Å². The van der Waals surface area contributed by atoms with Crippen LogP contribution in [0.4, 0.5) is 0 Å². The van der Waals surface area contributed by atoms with Crippen LogP contribution in [0.2, 0.25) is 0 Å². The van der Waals surface area contributed by atoms with E-state index in [0.29, 0.717) is 13.1 Å². The highest BCUT2D eigenvalue weighted by atomic mass is 79.9. The second-order valence-corrected chi connectivity index (χ2v) is 9.87. The zero-order valence-corrected chi connectivity index (χ0v) is 19.2. The summed E-state index contributed by atoms with van der Waals surface area (Å²) < 4.78 is 27.7. The normalized spacial score (nSPS) is 15.0. The van der Waals surface area contributed by atoms with E-state index < -0.39 is 21.8 Å². The highest BCUT2D eigenvalue weighted by molar-refractivity contribution is 9.10. The molecule has 8 nitrogen and oxygen atoms in total. The minimum Gasteiger partial charge on any atom is -0.343 e. The molecular weight excluding hydrogens is 484 g/mol. The molecule has 1 aliphatic rings. The maximum Gasteiger partial charge on any atom is 0.259 e. The smallest absolute Gasteiger partial charge is 0.259 e.